The number of benzene rings is 4. The number of hydrogen-bond donors (Lipinski definition) is 0. The lowest BCUT2D eigenvalue weighted by atomic mass is 9.93. The first-order valence-electron chi connectivity index (χ1n) is 8.67. The van der Waals surface area contributed by atoms with E-state index in [1.165, 1.54) is 42.4 Å². The molecule has 0 saturated heterocycles. The van der Waals surface area contributed by atoms with Crippen LogP contribution in [0.2, 0.25) is 5.02 Å². The van der Waals surface area contributed by atoms with E-state index in [-0.39, 0.29) is 0 Å². The van der Waals surface area contributed by atoms with Crippen LogP contribution >= 0.6 is 38.9 Å². The quantitative estimate of drug-likeness (QED) is 0.252. The van der Waals surface area contributed by atoms with E-state index in [4.69, 9.17) is 11.6 Å². The minimum Gasteiger partial charge on any atom is -0.134 e. The molecule has 0 aliphatic carbocycles. The largest absolute Gasteiger partial charge is 0.134 e. The molecule has 0 radical (unpaired) electrons. The standard InChI is InChI=1S/C24H14BrClS/c25-20-14-19(15-7-3-1-4-8-15)22(16-9-5-2-6-10-16)24-23(20)18-12-11-17(26)13-21(18)27-24/h1-14H. The van der Waals surface area contributed by atoms with Gasteiger partial charge in [0.2, 0.25) is 0 Å². The Bertz CT molecular complexity index is 1270. The molecule has 0 bridgehead atoms. The van der Waals surface area contributed by atoms with E-state index in [0.29, 0.717) is 0 Å². The summed E-state index contributed by atoms with van der Waals surface area (Å²) in [5.74, 6) is 0. The third-order valence-electron chi connectivity index (χ3n) is 4.81. The minimum atomic E-state index is 0.773. The number of fused-ring (bicyclic) bond motifs is 3. The van der Waals surface area contributed by atoms with Crippen LogP contribution in [0, 0.1) is 0 Å². The summed E-state index contributed by atoms with van der Waals surface area (Å²) >= 11 is 11.9. The lowest BCUT2D eigenvalue weighted by Gasteiger charge is -2.13. The summed E-state index contributed by atoms with van der Waals surface area (Å²) in [7, 11) is 0. The van der Waals surface area contributed by atoms with Gasteiger partial charge in [-0.1, -0.05) is 94.3 Å². The lowest BCUT2D eigenvalue weighted by molar-refractivity contribution is 1.61. The topological polar surface area (TPSA) is 0 Å². The van der Waals surface area contributed by atoms with Crippen molar-refractivity contribution >= 4 is 59.0 Å². The molecule has 0 unspecified atom stereocenters. The molecule has 1 heterocycles. The van der Waals surface area contributed by atoms with E-state index in [0.717, 1.165) is 9.50 Å². The van der Waals surface area contributed by atoms with E-state index >= 15 is 0 Å². The molecular weight excluding hydrogens is 436 g/mol. The van der Waals surface area contributed by atoms with Gasteiger partial charge >= 0.3 is 0 Å². The molecule has 0 aliphatic rings. The molecule has 0 N–H and O–H groups in total. The van der Waals surface area contributed by atoms with E-state index in [1.54, 1.807) is 11.3 Å². The summed E-state index contributed by atoms with van der Waals surface area (Å²) in [5.41, 5.74) is 4.96. The van der Waals surface area contributed by atoms with E-state index in [2.05, 4.69) is 94.8 Å². The molecule has 5 aromatic rings. The molecule has 27 heavy (non-hydrogen) atoms. The van der Waals surface area contributed by atoms with Crippen molar-refractivity contribution in [3.05, 3.63) is 94.4 Å². The van der Waals surface area contributed by atoms with Crippen molar-refractivity contribution < 1.29 is 0 Å². The van der Waals surface area contributed by atoms with E-state index in [9.17, 15) is 0 Å². The zero-order valence-corrected chi connectivity index (χ0v) is 17.4. The molecule has 0 nitrogen and oxygen atoms in total. The van der Waals surface area contributed by atoms with Crippen molar-refractivity contribution in [2.45, 2.75) is 0 Å². The SMILES string of the molecule is Clc1ccc2c(c1)sc1c(-c3ccccc3)c(-c3ccccc3)cc(Br)c12. The third-order valence-corrected chi connectivity index (χ3v) is 6.84. The number of halogens is 2. The summed E-state index contributed by atoms with van der Waals surface area (Å²) in [5, 5.41) is 3.27. The van der Waals surface area contributed by atoms with Crippen LogP contribution in [0.4, 0.5) is 0 Å². The summed E-state index contributed by atoms with van der Waals surface area (Å²) in [6, 6.07) is 29.6. The Morgan fingerprint density at radius 2 is 1.41 bits per heavy atom. The maximum absolute atomic E-state index is 6.26. The van der Waals surface area contributed by atoms with Gasteiger partial charge < -0.3 is 0 Å². The predicted octanol–water partition coefficient (Wildman–Crippen LogP) is 8.80. The van der Waals surface area contributed by atoms with Crippen LogP contribution in [-0.2, 0) is 0 Å². The van der Waals surface area contributed by atoms with Crippen LogP contribution in [-0.4, -0.2) is 0 Å². The van der Waals surface area contributed by atoms with Crippen molar-refractivity contribution in [2.75, 3.05) is 0 Å². The second-order valence-electron chi connectivity index (χ2n) is 6.46. The molecule has 0 amide bonds. The Kier molecular flexibility index (Phi) is 4.28. The predicted molar refractivity (Wildman–Crippen MR) is 123 cm³/mol. The zero-order valence-electron chi connectivity index (χ0n) is 14.2. The van der Waals surface area contributed by atoms with Gasteiger partial charge in [-0.2, -0.15) is 0 Å². The van der Waals surface area contributed by atoms with Crippen LogP contribution in [0.3, 0.4) is 0 Å². The Morgan fingerprint density at radius 1 is 0.741 bits per heavy atom. The van der Waals surface area contributed by atoms with Crippen molar-refractivity contribution in [2.24, 2.45) is 0 Å². The van der Waals surface area contributed by atoms with E-state index in [1.807, 2.05) is 6.07 Å². The molecule has 0 saturated carbocycles. The monoisotopic (exact) mass is 448 g/mol. The van der Waals surface area contributed by atoms with Crippen molar-refractivity contribution in [3.8, 4) is 22.3 Å². The Morgan fingerprint density at radius 3 is 2.11 bits per heavy atom. The fourth-order valence-electron chi connectivity index (χ4n) is 3.61. The van der Waals surface area contributed by atoms with Crippen LogP contribution in [0.15, 0.2) is 89.4 Å². The fourth-order valence-corrected chi connectivity index (χ4v) is 5.96. The van der Waals surface area contributed by atoms with Crippen LogP contribution in [0.1, 0.15) is 0 Å². The molecule has 3 heteroatoms. The van der Waals surface area contributed by atoms with Gasteiger partial charge in [0.25, 0.3) is 0 Å². The molecule has 4 aromatic carbocycles. The van der Waals surface area contributed by atoms with Gasteiger partial charge in [0.15, 0.2) is 0 Å². The lowest BCUT2D eigenvalue weighted by Crippen LogP contribution is -1.87. The minimum absolute atomic E-state index is 0.773. The van der Waals surface area contributed by atoms with Gasteiger partial charge in [0, 0.05) is 35.2 Å². The molecule has 0 spiro atoms. The highest BCUT2D eigenvalue weighted by Gasteiger charge is 2.18. The molecule has 130 valence electrons. The van der Waals surface area contributed by atoms with Crippen molar-refractivity contribution in [1.82, 2.24) is 0 Å². The smallest absolute Gasteiger partial charge is 0.0451 e. The highest BCUT2D eigenvalue weighted by molar-refractivity contribution is 9.10. The Hall–Kier alpha value is -2.13. The molecular formula is C24H14BrClS. The third kappa shape index (κ3) is 2.89. The fraction of sp³-hybridized carbons (Fsp3) is 0. The van der Waals surface area contributed by atoms with Crippen molar-refractivity contribution in [1.29, 1.82) is 0 Å². The molecule has 1 aromatic heterocycles. The van der Waals surface area contributed by atoms with Crippen LogP contribution < -0.4 is 0 Å². The summed E-state index contributed by atoms with van der Waals surface area (Å²) in [6.07, 6.45) is 0. The average Bonchev–Trinajstić information content (AvgIpc) is 3.08. The molecule has 0 aliphatic heterocycles. The number of thiophene rings is 1. The van der Waals surface area contributed by atoms with Gasteiger partial charge in [-0.05, 0) is 34.9 Å². The van der Waals surface area contributed by atoms with E-state index < -0.39 is 0 Å². The van der Waals surface area contributed by atoms with Crippen molar-refractivity contribution in [3.63, 3.8) is 0 Å². The maximum atomic E-state index is 6.26. The Labute approximate surface area is 175 Å². The first-order valence-corrected chi connectivity index (χ1v) is 10.7. The molecule has 0 atom stereocenters. The average molecular weight is 450 g/mol. The Balaban J connectivity index is 1.97. The second kappa shape index (κ2) is 6.79. The zero-order chi connectivity index (χ0) is 18.4. The van der Waals surface area contributed by atoms with Gasteiger partial charge in [0.1, 0.15) is 0 Å². The highest BCUT2D eigenvalue weighted by Crippen LogP contribution is 2.48. The summed E-state index contributed by atoms with van der Waals surface area (Å²) in [6.45, 7) is 0. The second-order valence-corrected chi connectivity index (χ2v) is 8.80. The molecule has 0 fully saturated rings. The van der Waals surface area contributed by atoms with Gasteiger partial charge in [-0.15, -0.1) is 11.3 Å². The normalized spacial score (nSPS) is 11.3. The maximum Gasteiger partial charge on any atom is 0.0451 e. The summed E-state index contributed by atoms with van der Waals surface area (Å²) < 4.78 is 3.61. The van der Waals surface area contributed by atoms with Crippen LogP contribution in [0.25, 0.3) is 42.4 Å². The van der Waals surface area contributed by atoms with Crippen LogP contribution in [0.5, 0.6) is 0 Å². The highest BCUT2D eigenvalue weighted by atomic mass is 79.9. The number of hydrogen-bond acceptors (Lipinski definition) is 1. The summed E-state index contributed by atoms with van der Waals surface area (Å²) in [4.78, 5) is 0. The van der Waals surface area contributed by atoms with Gasteiger partial charge in [-0.3, -0.25) is 0 Å². The van der Waals surface area contributed by atoms with Gasteiger partial charge in [-0.25, -0.2) is 0 Å². The first kappa shape index (κ1) is 17.0. The van der Waals surface area contributed by atoms with Gasteiger partial charge in [0.05, 0.1) is 0 Å². The molecule has 5 rings (SSSR count). The number of rotatable bonds is 2. The first-order chi connectivity index (χ1) is 13.2.